The minimum atomic E-state index is -3.23. The molecule has 0 unspecified atom stereocenters. The number of halogens is 1. The predicted molar refractivity (Wildman–Crippen MR) is 63.4 cm³/mol. The normalized spacial score (nSPS) is 12.1. The molecular weight excluding hydrogens is 232 g/mol. The first-order chi connectivity index (χ1) is 6.75. The summed E-state index contributed by atoms with van der Waals surface area (Å²) in [6.45, 7) is 5.96. The highest BCUT2D eigenvalue weighted by molar-refractivity contribution is 7.90. The highest BCUT2D eigenvalue weighted by Gasteiger charge is 2.16. The van der Waals surface area contributed by atoms with Crippen LogP contribution in [0, 0.1) is 6.92 Å². The van der Waals surface area contributed by atoms with Gasteiger partial charge in [0, 0.05) is 6.26 Å². The molecule has 0 aromatic heterocycles. The van der Waals surface area contributed by atoms with Crippen molar-refractivity contribution in [3.8, 4) is 0 Å². The topological polar surface area (TPSA) is 34.1 Å². The lowest BCUT2D eigenvalue weighted by atomic mass is 9.98. The zero-order valence-electron chi connectivity index (χ0n) is 9.33. The predicted octanol–water partition coefficient (Wildman–Crippen LogP) is 3.18. The van der Waals surface area contributed by atoms with Crippen LogP contribution in [-0.4, -0.2) is 14.7 Å². The van der Waals surface area contributed by atoms with E-state index in [-0.39, 0.29) is 4.90 Å². The van der Waals surface area contributed by atoms with Crippen molar-refractivity contribution in [1.82, 2.24) is 0 Å². The van der Waals surface area contributed by atoms with Crippen LogP contribution in [0.3, 0.4) is 0 Å². The van der Waals surface area contributed by atoms with Crippen LogP contribution in [0.5, 0.6) is 0 Å². The zero-order chi connectivity index (χ0) is 11.8. The third-order valence-corrected chi connectivity index (χ3v) is 4.15. The van der Waals surface area contributed by atoms with Gasteiger partial charge in [-0.05, 0) is 30.0 Å². The second-order valence-corrected chi connectivity index (χ2v) is 6.38. The van der Waals surface area contributed by atoms with Gasteiger partial charge in [0.25, 0.3) is 0 Å². The molecule has 0 N–H and O–H groups in total. The molecule has 0 aliphatic rings. The summed E-state index contributed by atoms with van der Waals surface area (Å²) in [7, 11) is -3.23. The number of benzene rings is 1. The van der Waals surface area contributed by atoms with Crippen molar-refractivity contribution in [2.45, 2.75) is 31.6 Å². The van der Waals surface area contributed by atoms with Gasteiger partial charge in [0.15, 0.2) is 9.84 Å². The molecule has 0 radical (unpaired) electrons. The lowest BCUT2D eigenvalue weighted by Crippen LogP contribution is -2.02. The van der Waals surface area contributed by atoms with Crippen molar-refractivity contribution in [2.75, 3.05) is 6.26 Å². The van der Waals surface area contributed by atoms with Crippen molar-refractivity contribution in [2.24, 2.45) is 0 Å². The highest BCUT2D eigenvalue weighted by Crippen LogP contribution is 2.30. The van der Waals surface area contributed by atoms with Gasteiger partial charge in [-0.15, -0.1) is 0 Å². The quantitative estimate of drug-likeness (QED) is 0.803. The van der Waals surface area contributed by atoms with E-state index >= 15 is 0 Å². The number of sulfone groups is 1. The molecule has 0 spiro atoms. The van der Waals surface area contributed by atoms with Gasteiger partial charge in [-0.2, -0.15) is 0 Å². The Labute approximate surface area is 96.2 Å². The molecule has 2 nitrogen and oxygen atoms in total. The summed E-state index contributed by atoms with van der Waals surface area (Å²) in [5, 5.41) is 0.351. The van der Waals surface area contributed by atoms with E-state index in [0.29, 0.717) is 10.9 Å². The van der Waals surface area contributed by atoms with Crippen LogP contribution >= 0.6 is 11.6 Å². The second kappa shape index (κ2) is 4.14. The van der Waals surface area contributed by atoms with Crippen molar-refractivity contribution >= 4 is 21.4 Å². The Kier molecular flexibility index (Phi) is 3.46. The third-order valence-electron chi connectivity index (χ3n) is 2.41. The van der Waals surface area contributed by atoms with Gasteiger partial charge < -0.3 is 0 Å². The van der Waals surface area contributed by atoms with Crippen LogP contribution in [0.25, 0.3) is 0 Å². The standard InChI is InChI=1S/C11H15ClO2S/c1-7(2)9-5-6-10(15(4,13)14)11(12)8(9)3/h5-7H,1-4H3. The Bertz CT molecular complexity index is 476. The Balaban J connectivity index is 3.48. The average molecular weight is 247 g/mol. The molecule has 0 amide bonds. The molecule has 1 aromatic rings. The van der Waals surface area contributed by atoms with E-state index in [1.165, 1.54) is 6.26 Å². The van der Waals surface area contributed by atoms with Crippen LogP contribution in [-0.2, 0) is 9.84 Å². The molecule has 84 valence electrons. The molecule has 0 saturated heterocycles. The molecule has 4 heteroatoms. The SMILES string of the molecule is Cc1c(C(C)C)ccc(S(C)(=O)=O)c1Cl. The summed E-state index contributed by atoms with van der Waals surface area (Å²) in [5.41, 5.74) is 1.95. The lowest BCUT2D eigenvalue weighted by Gasteiger charge is -2.13. The Hall–Kier alpha value is -0.540. The molecule has 15 heavy (non-hydrogen) atoms. The first-order valence-corrected chi connectivity index (χ1v) is 7.01. The minimum absolute atomic E-state index is 0.214. The maximum absolute atomic E-state index is 11.4. The van der Waals surface area contributed by atoms with E-state index in [9.17, 15) is 8.42 Å². The summed E-state index contributed by atoms with van der Waals surface area (Å²) in [6.07, 6.45) is 1.17. The maximum Gasteiger partial charge on any atom is 0.177 e. The van der Waals surface area contributed by atoms with E-state index in [1.54, 1.807) is 6.07 Å². The smallest absolute Gasteiger partial charge is 0.177 e. The highest BCUT2D eigenvalue weighted by atomic mass is 35.5. The maximum atomic E-state index is 11.4. The monoisotopic (exact) mass is 246 g/mol. The number of hydrogen-bond donors (Lipinski definition) is 0. The molecule has 0 heterocycles. The molecule has 1 rings (SSSR count). The van der Waals surface area contributed by atoms with E-state index in [0.717, 1.165) is 11.1 Å². The van der Waals surface area contributed by atoms with Gasteiger partial charge in [0.05, 0.1) is 9.92 Å². The van der Waals surface area contributed by atoms with Crippen LogP contribution in [0.1, 0.15) is 30.9 Å². The average Bonchev–Trinajstić information content (AvgIpc) is 2.06. The van der Waals surface area contributed by atoms with Gasteiger partial charge >= 0.3 is 0 Å². The molecule has 0 aliphatic heterocycles. The summed E-state index contributed by atoms with van der Waals surface area (Å²) in [4.78, 5) is 0.214. The molecule has 0 aliphatic carbocycles. The fourth-order valence-corrected chi connectivity index (χ4v) is 2.97. The summed E-state index contributed by atoms with van der Waals surface area (Å²) in [6, 6.07) is 3.42. The van der Waals surface area contributed by atoms with E-state index in [2.05, 4.69) is 13.8 Å². The summed E-state index contributed by atoms with van der Waals surface area (Å²) >= 11 is 6.05. The van der Waals surface area contributed by atoms with Crippen LogP contribution in [0.2, 0.25) is 5.02 Å². The lowest BCUT2D eigenvalue weighted by molar-refractivity contribution is 0.601. The largest absolute Gasteiger partial charge is 0.224 e. The van der Waals surface area contributed by atoms with Gasteiger partial charge in [-0.3, -0.25) is 0 Å². The van der Waals surface area contributed by atoms with Gasteiger partial charge in [-0.1, -0.05) is 31.5 Å². The third kappa shape index (κ3) is 2.52. The zero-order valence-corrected chi connectivity index (χ0v) is 10.9. The fourth-order valence-electron chi connectivity index (χ4n) is 1.59. The summed E-state index contributed by atoms with van der Waals surface area (Å²) < 4.78 is 22.8. The van der Waals surface area contributed by atoms with Crippen LogP contribution in [0.15, 0.2) is 17.0 Å². The van der Waals surface area contributed by atoms with Crippen LogP contribution < -0.4 is 0 Å². The summed E-state index contributed by atoms with van der Waals surface area (Å²) in [5.74, 6) is 0.344. The number of hydrogen-bond acceptors (Lipinski definition) is 2. The Morgan fingerprint density at radius 2 is 1.80 bits per heavy atom. The van der Waals surface area contributed by atoms with E-state index in [4.69, 9.17) is 11.6 Å². The molecule has 0 atom stereocenters. The first-order valence-electron chi connectivity index (χ1n) is 4.74. The van der Waals surface area contributed by atoms with Crippen molar-refractivity contribution in [3.63, 3.8) is 0 Å². The van der Waals surface area contributed by atoms with E-state index < -0.39 is 9.84 Å². The van der Waals surface area contributed by atoms with Crippen molar-refractivity contribution in [3.05, 3.63) is 28.3 Å². The number of rotatable bonds is 2. The Morgan fingerprint density at radius 1 is 1.27 bits per heavy atom. The van der Waals surface area contributed by atoms with Gasteiger partial charge in [0.1, 0.15) is 0 Å². The van der Waals surface area contributed by atoms with Crippen molar-refractivity contribution < 1.29 is 8.42 Å². The Morgan fingerprint density at radius 3 is 2.20 bits per heavy atom. The molecule has 1 aromatic carbocycles. The molecule has 0 bridgehead atoms. The van der Waals surface area contributed by atoms with Crippen LogP contribution in [0.4, 0.5) is 0 Å². The van der Waals surface area contributed by atoms with Gasteiger partial charge in [0.2, 0.25) is 0 Å². The van der Waals surface area contributed by atoms with Gasteiger partial charge in [-0.25, -0.2) is 8.42 Å². The molecular formula is C11H15ClO2S. The minimum Gasteiger partial charge on any atom is -0.224 e. The molecule has 0 saturated carbocycles. The van der Waals surface area contributed by atoms with Crippen molar-refractivity contribution in [1.29, 1.82) is 0 Å². The molecule has 0 fully saturated rings. The van der Waals surface area contributed by atoms with E-state index in [1.807, 2.05) is 13.0 Å². The second-order valence-electron chi connectivity index (χ2n) is 4.02. The first kappa shape index (κ1) is 12.5. The fraction of sp³-hybridized carbons (Fsp3) is 0.455.